The molecule has 1 amide bonds. The van der Waals surface area contributed by atoms with Crippen molar-refractivity contribution in [2.45, 2.75) is 20.4 Å². The Kier molecular flexibility index (Phi) is 4.68. The van der Waals surface area contributed by atoms with E-state index in [9.17, 15) is 4.79 Å². The predicted octanol–water partition coefficient (Wildman–Crippen LogP) is 2.52. The molecular weight excluding hydrogens is 274 g/mol. The number of ether oxygens (including phenoxy) is 1. The lowest BCUT2D eigenvalue weighted by molar-refractivity contribution is 0.0778. The molecule has 0 spiro atoms. The van der Waals surface area contributed by atoms with E-state index in [2.05, 4.69) is 9.97 Å². The average molecular weight is 291 g/mol. The minimum absolute atomic E-state index is 0.118. The van der Waals surface area contributed by atoms with Gasteiger partial charge in [0.25, 0.3) is 5.91 Å². The summed E-state index contributed by atoms with van der Waals surface area (Å²) in [5.74, 6) is 0.258. The van der Waals surface area contributed by atoms with E-state index in [-0.39, 0.29) is 5.91 Å². The average Bonchev–Trinajstić information content (AvgIpc) is 2.84. The number of rotatable bonds is 5. The molecule has 2 heterocycles. The van der Waals surface area contributed by atoms with Crippen LogP contribution in [-0.4, -0.2) is 34.4 Å². The zero-order chi connectivity index (χ0) is 14.5. The lowest BCUT2D eigenvalue weighted by Gasteiger charge is -2.17. The molecule has 0 atom stereocenters. The van der Waals surface area contributed by atoms with E-state index in [4.69, 9.17) is 4.74 Å². The molecule has 0 aliphatic rings. The van der Waals surface area contributed by atoms with Gasteiger partial charge in [-0.1, -0.05) is 0 Å². The van der Waals surface area contributed by atoms with E-state index >= 15 is 0 Å². The molecule has 106 valence electrons. The van der Waals surface area contributed by atoms with E-state index in [1.165, 1.54) is 0 Å². The summed E-state index contributed by atoms with van der Waals surface area (Å²) < 4.78 is 5.39. The maximum atomic E-state index is 12.4. The van der Waals surface area contributed by atoms with Gasteiger partial charge in [0.1, 0.15) is 5.56 Å². The van der Waals surface area contributed by atoms with Gasteiger partial charge < -0.3 is 9.64 Å². The van der Waals surface area contributed by atoms with Gasteiger partial charge in [0.2, 0.25) is 5.88 Å². The van der Waals surface area contributed by atoms with Crippen LogP contribution in [0.25, 0.3) is 0 Å². The van der Waals surface area contributed by atoms with Gasteiger partial charge in [-0.25, -0.2) is 9.97 Å². The van der Waals surface area contributed by atoms with Gasteiger partial charge in [0, 0.05) is 18.6 Å². The molecule has 0 aliphatic heterocycles. The van der Waals surface area contributed by atoms with Crippen LogP contribution in [0.1, 0.15) is 28.0 Å². The standard InChI is InChI=1S/C14H17N3O2S/c1-4-19-13-12(6-5-7-15-13)14(18)17(3)8-11-9-20-10(2)16-11/h5-7,9H,4,8H2,1-3H3. The fraction of sp³-hybridized carbons (Fsp3) is 0.357. The zero-order valence-corrected chi connectivity index (χ0v) is 12.6. The third-order valence-corrected chi connectivity index (χ3v) is 3.52. The van der Waals surface area contributed by atoms with Crippen LogP contribution >= 0.6 is 11.3 Å². The van der Waals surface area contributed by atoms with Crippen molar-refractivity contribution in [2.24, 2.45) is 0 Å². The molecule has 2 aromatic heterocycles. The van der Waals surface area contributed by atoms with Crippen molar-refractivity contribution in [2.75, 3.05) is 13.7 Å². The molecule has 20 heavy (non-hydrogen) atoms. The number of pyridine rings is 1. The number of carbonyl (C=O) groups is 1. The highest BCUT2D eigenvalue weighted by Gasteiger charge is 2.18. The van der Waals surface area contributed by atoms with Crippen LogP contribution in [0.4, 0.5) is 0 Å². The Morgan fingerprint density at radius 2 is 2.30 bits per heavy atom. The molecule has 0 saturated heterocycles. The summed E-state index contributed by atoms with van der Waals surface area (Å²) in [7, 11) is 1.75. The van der Waals surface area contributed by atoms with Gasteiger partial charge in [0.15, 0.2) is 0 Å². The van der Waals surface area contributed by atoms with Crippen LogP contribution in [0, 0.1) is 6.92 Å². The molecule has 0 bridgehead atoms. The van der Waals surface area contributed by atoms with Crippen LogP contribution in [0.2, 0.25) is 0 Å². The summed E-state index contributed by atoms with van der Waals surface area (Å²) in [6.45, 7) is 4.77. The molecule has 0 aliphatic carbocycles. The first-order valence-corrected chi connectivity index (χ1v) is 7.24. The van der Waals surface area contributed by atoms with E-state index < -0.39 is 0 Å². The van der Waals surface area contributed by atoms with Crippen molar-refractivity contribution >= 4 is 17.2 Å². The van der Waals surface area contributed by atoms with Crippen LogP contribution in [0.15, 0.2) is 23.7 Å². The molecule has 0 aromatic carbocycles. The maximum Gasteiger partial charge on any atom is 0.259 e. The Hall–Kier alpha value is -1.95. The van der Waals surface area contributed by atoms with E-state index in [0.29, 0.717) is 24.6 Å². The summed E-state index contributed by atoms with van der Waals surface area (Å²) in [4.78, 5) is 22.5. The van der Waals surface area contributed by atoms with Gasteiger partial charge >= 0.3 is 0 Å². The minimum Gasteiger partial charge on any atom is -0.477 e. The van der Waals surface area contributed by atoms with Crippen molar-refractivity contribution < 1.29 is 9.53 Å². The number of carbonyl (C=O) groups excluding carboxylic acids is 1. The van der Waals surface area contributed by atoms with Crippen LogP contribution in [-0.2, 0) is 6.54 Å². The van der Waals surface area contributed by atoms with Gasteiger partial charge in [-0.15, -0.1) is 11.3 Å². The fourth-order valence-corrected chi connectivity index (χ4v) is 2.41. The number of nitrogens with zero attached hydrogens (tertiary/aromatic N) is 3. The topological polar surface area (TPSA) is 55.3 Å². The number of hydrogen-bond donors (Lipinski definition) is 0. The molecule has 2 rings (SSSR count). The number of amides is 1. The molecule has 0 N–H and O–H groups in total. The SMILES string of the molecule is CCOc1ncccc1C(=O)N(C)Cc1csc(C)n1. The lowest BCUT2D eigenvalue weighted by atomic mass is 10.2. The summed E-state index contributed by atoms with van der Waals surface area (Å²) in [6.07, 6.45) is 1.62. The predicted molar refractivity (Wildman–Crippen MR) is 78.1 cm³/mol. The maximum absolute atomic E-state index is 12.4. The van der Waals surface area contributed by atoms with E-state index in [0.717, 1.165) is 10.7 Å². The van der Waals surface area contributed by atoms with E-state index in [1.807, 2.05) is 19.2 Å². The Labute approximate surface area is 122 Å². The minimum atomic E-state index is -0.118. The van der Waals surface area contributed by atoms with Crippen molar-refractivity contribution in [3.8, 4) is 5.88 Å². The molecule has 6 heteroatoms. The number of thiazole rings is 1. The first kappa shape index (κ1) is 14.5. The molecule has 0 radical (unpaired) electrons. The van der Waals surface area contributed by atoms with Crippen LogP contribution in [0.3, 0.4) is 0 Å². The molecular formula is C14H17N3O2S. The number of aromatic nitrogens is 2. The van der Waals surface area contributed by atoms with Crippen LogP contribution < -0.4 is 4.74 Å². The largest absolute Gasteiger partial charge is 0.477 e. The Morgan fingerprint density at radius 1 is 1.50 bits per heavy atom. The highest BCUT2D eigenvalue weighted by atomic mass is 32.1. The highest BCUT2D eigenvalue weighted by Crippen LogP contribution is 2.18. The molecule has 2 aromatic rings. The second-order valence-corrected chi connectivity index (χ2v) is 5.37. The van der Waals surface area contributed by atoms with Gasteiger partial charge in [-0.2, -0.15) is 0 Å². The molecule has 0 saturated carbocycles. The van der Waals surface area contributed by atoms with Gasteiger partial charge in [-0.3, -0.25) is 4.79 Å². The zero-order valence-electron chi connectivity index (χ0n) is 11.8. The smallest absolute Gasteiger partial charge is 0.259 e. The van der Waals surface area contributed by atoms with E-state index in [1.54, 1.807) is 41.6 Å². The van der Waals surface area contributed by atoms with Gasteiger partial charge in [0.05, 0.1) is 23.9 Å². The quantitative estimate of drug-likeness (QED) is 0.849. The first-order chi connectivity index (χ1) is 9.61. The molecule has 0 unspecified atom stereocenters. The molecule has 5 nitrogen and oxygen atoms in total. The summed E-state index contributed by atoms with van der Waals surface area (Å²) in [5, 5.41) is 2.96. The van der Waals surface area contributed by atoms with Crippen molar-refractivity contribution in [3.05, 3.63) is 40.0 Å². The second-order valence-electron chi connectivity index (χ2n) is 4.31. The number of aryl methyl sites for hydroxylation is 1. The summed E-state index contributed by atoms with van der Waals surface area (Å²) in [5.41, 5.74) is 1.37. The Bertz CT molecular complexity index is 598. The van der Waals surface area contributed by atoms with Crippen molar-refractivity contribution in [1.29, 1.82) is 0 Å². The third-order valence-electron chi connectivity index (χ3n) is 2.70. The second kappa shape index (κ2) is 6.47. The lowest BCUT2D eigenvalue weighted by Crippen LogP contribution is -2.27. The van der Waals surface area contributed by atoms with Crippen molar-refractivity contribution in [3.63, 3.8) is 0 Å². The van der Waals surface area contributed by atoms with Crippen LogP contribution in [0.5, 0.6) is 5.88 Å². The first-order valence-electron chi connectivity index (χ1n) is 6.36. The fourth-order valence-electron chi connectivity index (χ4n) is 1.81. The molecule has 0 fully saturated rings. The summed E-state index contributed by atoms with van der Waals surface area (Å²) in [6, 6.07) is 3.46. The Morgan fingerprint density at radius 3 is 2.95 bits per heavy atom. The normalized spacial score (nSPS) is 10.3. The monoisotopic (exact) mass is 291 g/mol. The highest BCUT2D eigenvalue weighted by molar-refractivity contribution is 7.09. The summed E-state index contributed by atoms with van der Waals surface area (Å²) >= 11 is 1.58. The van der Waals surface area contributed by atoms with Crippen molar-refractivity contribution in [1.82, 2.24) is 14.9 Å². The van der Waals surface area contributed by atoms with Gasteiger partial charge in [-0.05, 0) is 26.0 Å². The third kappa shape index (κ3) is 3.33. The Balaban J connectivity index is 2.14. The number of hydrogen-bond acceptors (Lipinski definition) is 5.